The number of rotatable bonds is 4. The first-order chi connectivity index (χ1) is 11.5. The largest absolute Gasteiger partial charge is 0.337 e. The van der Waals surface area contributed by atoms with Crippen LogP contribution in [-0.2, 0) is 11.8 Å². The highest BCUT2D eigenvalue weighted by atomic mass is 35.5. The first kappa shape index (κ1) is 17.2. The van der Waals surface area contributed by atoms with Gasteiger partial charge in [0.05, 0.1) is 23.3 Å². The van der Waals surface area contributed by atoms with Crippen LogP contribution in [0.2, 0.25) is 10.0 Å². The van der Waals surface area contributed by atoms with Crippen molar-refractivity contribution in [3.8, 4) is 0 Å². The number of nitrogens with one attached hydrogen (secondary N) is 2. The van der Waals surface area contributed by atoms with Gasteiger partial charge in [-0.05, 0) is 18.2 Å². The van der Waals surface area contributed by atoms with Gasteiger partial charge in [-0.25, -0.2) is 4.98 Å². The maximum absolute atomic E-state index is 12.4. The second-order valence-corrected chi connectivity index (χ2v) is 6.60. The third kappa shape index (κ3) is 3.89. The van der Waals surface area contributed by atoms with Gasteiger partial charge < -0.3 is 15.2 Å². The van der Waals surface area contributed by atoms with Gasteiger partial charge in [0.15, 0.2) is 0 Å². The Labute approximate surface area is 150 Å². The van der Waals surface area contributed by atoms with E-state index in [0.29, 0.717) is 15.7 Å². The first-order valence-electron chi connectivity index (χ1n) is 7.71. The molecule has 1 amide bonds. The summed E-state index contributed by atoms with van der Waals surface area (Å²) >= 11 is 12.1. The van der Waals surface area contributed by atoms with Crippen molar-refractivity contribution >= 4 is 34.8 Å². The number of piperazine rings is 1. The molecule has 24 heavy (non-hydrogen) atoms. The standard InChI is InChI=1S/C16H19Cl2N5O/c1-22-6-5-20-16(22)14-9-19-4-7-23(14)10-15(24)21-13-8-11(17)2-3-12(13)18/h2-3,5-6,8,14,19H,4,7,9-10H2,1H3,(H,21,24). The second kappa shape index (κ2) is 7.53. The summed E-state index contributed by atoms with van der Waals surface area (Å²) in [7, 11) is 1.96. The molecular weight excluding hydrogens is 349 g/mol. The molecule has 1 aliphatic heterocycles. The molecule has 0 saturated carbocycles. The quantitative estimate of drug-likeness (QED) is 0.870. The normalized spacial score (nSPS) is 18.5. The van der Waals surface area contributed by atoms with Crippen molar-refractivity contribution in [2.24, 2.45) is 7.05 Å². The van der Waals surface area contributed by atoms with E-state index < -0.39 is 0 Å². The van der Waals surface area contributed by atoms with Crippen molar-refractivity contribution in [2.45, 2.75) is 6.04 Å². The van der Waals surface area contributed by atoms with Crippen molar-refractivity contribution in [2.75, 3.05) is 31.5 Å². The Bertz CT molecular complexity index is 733. The van der Waals surface area contributed by atoms with Crippen LogP contribution in [0.1, 0.15) is 11.9 Å². The van der Waals surface area contributed by atoms with Gasteiger partial charge in [0.1, 0.15) is 5.82 Å². The van der Waals surface area contributed by atoms with Crippen LogP contribution in [-0.4, -0.2) is 46.5 Å². The van der Waals surface area contributed by atoms with Crippen LogP contribution in [0.15, 0.2) is 30.6 Å². The van der Waals surface area contributed by atoms with E-state index in [1.165, 1.54) is 0 Å². The van der Waals surface area contributed by atoms with Gasteiger partial charge in [-0.1, -0.05) is 23.2 Å². The number of aryl methyl sites for hydroxylation is 1. The average molecular weight is 368 g/mol. The molecule has 0 radical (unpaired) electrons. The third-order valence-corrected chi connectivity index (χ3v) is 4.62. The molecule has 1 aliphatic rings. The number of aromatic nitrogens is 2. The zero-order chi connectivity index (χ0) is 17.1. The van der Waals surface area contributed by atoms with Crippen molar-refractivity contribution < 1.29 is 4.79 Å². The molecule has 1 aromatic heterocycles. The van der Waals surface area contributed by atoms with Crippen LogP contribution >= 0.6 is 23.2 Å². The fourth-order valence-corrected chi connectivity index (χ4v) is 3.19. The minimum Gasteiger partial charge on any atom is -0.337 e. The smallest absolute Gasteiger partial charge is 0.238 e. The molecule has 1 fully saturated rings. The lowest BCUT2D eigenvalue weighted by Gasteiger charge is -2.35. The van der Waals surface area contributed by atoms with Crippen molar-refractivity contribution in [3.63, 3.8) is 0 Å². The molecule has 2 heterocycles. The molecule has 1 saturated heterocycles. The molecule has 6 nitrogen and oxygen atoms in total. The predicted molar refractivity (Wildman–Crippen MR) is 95.5 cm³/mol. The summed E-state index contributed by atoms with van der Waals surface area (Å²) in [6, 6.07) is 5.06. The Balaban J connectivity index is 1.70. The van der Waals surface area contributed by atoms with E-state index in [0.717, 1.165) is 25.5 Å². The molecule has 2 aromatic rings. The van der Waals surface area contributed by atoms with Gasteiger partial charge >= 0.3 is 0 Å². The molecule has 3 rings (SSSR count). The van der Waals surface area contributed by atoms with Gasteiger partial charge in [0.2, 0.25) is 5.91 Å². The highest BCUT2D eigenvalue weighted by Gasteiger charge is 2.28. The molecule has 1 unspecified atom stereocenters. The Morgan fingerprint density at radius 3 is 3.04 bits per heavy atom. The Morgan fingerprint density at radius 2 is 2.29 bits per heavy atom. The highest BCUT2D eigenvalue weighted by molar-refractivity contribution is 6.35. The fraction of sp³-hybridized carbons (Fsp3) is 0.375. The third-order valence-electron chi connectivity index (χ3n) is 4.06. The van der Waals surface area contributed by atoms with E-state index >= 15 is 0 Å². The first-order valence-corrected chi connectivity index (χ1v) is 8.47. The molecule has 1 aromatic carbocycles. The maximum atomic E-state index is 12.4. The van der Waals surface area contributed by atoms with Crippen LogP contribution in [0.3, 0.4) is 0 Å². The number of anilines is 1. The molecule has 128 valence electrons. The van der Waals surface area contributed by atoms with Gasteiger partial charge in [-0.15, -0.1) is 0 Å². The monoisotopic (exact) mass is 367 g/mol. The lowest BCUT2D eigenvalue weighted by Crippen LogP contribution is -2.49. The van der Waals surface area contributed by atoms with Crippen LogP contribution in [0.25, 0.3) is 0 Å². The number of halogens is 2. The van der Waals surface area contributed by atoms with Crippen molar-refractivity contribution in [1.82, 2.24) is 19.8 Å². The number of hydrogen-bond donors (Lipinski definition) is 2. The van der Waals surface area contributed by atoms with E-state index in [1.807, 2.05) is 17.8 Å². The summed E-state index contributed by atoms with van der Waals surface area (Å²) < 4.78 is 1.98. The number of imidazole rings is 1. The minimum absolute atomic E-state index is 0.0549. The number of nitrogens with zero attached hydrogens (tertiary/aromatic N) is 3. The van der Waals surface area contributed by atoms with Crippen LogP contribution in [0, 0.1) is 0 Å². The zero-order valence-corrected chi connectivity index (χ0v) is 14.8. The lowest BCUT2D eigenvalue weighted by molar-refractivity contribution is -0.118. The van der Waals surface area contributed by atoms with E-state index in [-0.39, 0.29) is 18.5 Å². The topological polar surface area (TPSA) is 62.2 Å². The molecular formula is C16H19Cl2N5O. The lowest BCUT2D eigenvalue weighted by atomic mass is 10.1. The van der Waals surface area contributed by atoms with Crippen molar-refractivity contribution in [3.05, 3.63) is 46.5 Å². The van der Waals surface area contributed by atoms with Gasteiger partial charge in [-0.3, -0.25) is 9.69 Å². The molecule has 0 aliphatic carbocycles. The molecule has 8 heteroatoms. The van der Waals surface area contributed by atoms with Crippen LogP contribution in [0.5, 0.6) is 0 Å². The van der Waals surface area contributed by atoms with Gasteiger partial charge in [0, 0.05) is 44.1 Å². The summed E-state index contributed by atoms with van der Waals surface area (Å²) in [4.78, 5) is 19.0. The zero-order valence-electron chi connectivity index (χ0n) is 13.3. The minimum atomic E-state index is -0.125. The van der Waals surface area contributed by atoms with E-state index in [1.54, 1.807) is 24.4 Å². The summed E-state index contributed by atoms with van der Waals surface area (Å²) in [6.07, 6.45) is 3.68. The number of amides is 1. The maximum Gasteiger partial charge on any atom is 0.238 e. The highest BCUT2D eigenvalue weighted by Crippen LogP contribution is 2.26. The molecule has 2 N–H and O–H groups in total. The van der Waals surface area contributed by atoms with Crippen LogP contribution < -0.4 is 10.6 Å². The van der Waals surface area contributed by atoms with Gasteiger partial charge in [0.25, 0.3) is 0 Å². The summed E-state index contributed by atoms with van der Waals surface area (Å²) in [5.74, 6) is 0.816. The number of carbonyl (C=O) groups excluding carboxylic acids is 1. The van der Waals surface area contributed by atoms with E-state index in [2.05, 4.69) is 20.5 Å². The Kier molecular flexibility index (Phi) is 5.40. The summed E-state index contributed by atoms with van der Waals surface area (Å²) in [6.45, 7) is 2.64. The van der Waals surface area contributed by atoms with E-state index in [4.69, 9.17) is 23.2 Å². The Hall–Kier alpha value is -1.60. The van der Waals surface area contributed by atoms with Gasteiger partial charge in [-0.2, -0.15) is 0 Å². The average Bonchev–Trinajstić information content (AvgIpc) is 2.97. The van der Waals surface area contributed by atoms with E-state index in [9.17, 15) is 4.79 Å². The van der Waals surface area contributed by atoms with Crippen molar-refractivity contribution in [1.29, 1.82) is 0 Å². The molecule has 1 atom stereocenters. The Morgan fingerprint density at radius 1 is 1.46 bits per heavy atom. The number of benzene rings is 1. The second-order valence-electron chi connectivity index (χ2n) is 5.76. The number of hydrogen-bond acceptors (Lipinski definition) is 4. The van der Waals surface area contributed by atoms with Crippen LogP contribution in [0.4, 0.5) is 5.69 Å². The summed E-state index contributed by atoms with van der Waals surface area (Å²) in [5.41, 5.74) is 0.526. The summed E-state index contributed by atoms with van der Waals surface area (Å²) in [5, 5.41) is 7.19. The molecule has 0 bridgehead atoms. The molecule has 0 spiro atoms. The SMILES string of the molecule is Cn1ccnc1C1CNCCN1CC(=O)Nc1cc(Cl)ccc1Cl. The number of carbonyl (C=O) groups is 1. The fourth-order valence-electron chi connectivity index (χ4n) is 2.86. The predicted octanol–water partition coefficient (Wildman–Crippen LogP) is 2.31.